The van der Waals surface area contributed by atoms with E-state index in [-0.39, 0.29) is 11.7 Å². The number of rotatable bonds is 10. The monoisotopic (exact) mass is 373 g/mol. The Hall–Kier alpha value is -2.28. The van der Waals surface area contributed by atoms with E-state index in [0.29, 0.717) is 6.54 Å². The number of carbonyl (C=O) groups is 1. The second-order valence-electron chi connectivity index (χ2n) is 5.71. The van der Waals surface area contributed by atoms with Crippen LogP contribution in [0.4, 0.5) is 11.4 Å². The smallest absolute Gasteiger partial charge is 0.234 e. The highest BCUT2D eigenvalue weighted by molar-refractivity contribution is 7.99. The van der Waals surface area contributed by atoms with Crippen LogP contribution < -0.4 is 10.2 Å². The van der Waals surface area contributed by atoms with E-state index in [1.165, 1.54) is 11.8 Å². The molecule has 0 fully saturated rings. The van der Waals surface area contributed by atoms with Crippen molar-refractivity contribution in [1.29, 1.82) is 0 Å². The Morgan fingerprint density at radius 2 is 1.92 bits per heavy atom. The summed E-state index contributed by atoms with van der Waals surface area (Å²) < 4.78 is 1.99. The van der Waals surface area contributed by atoms with Crippen LogP contribution in [0.3, 0.4) is 0 Å². The van der Waals surface area contributed by atoms with Gasteiger partial charge in [-0.25, -0.2) is 0 Å². The largest absolute Gasteiger partial charge is 0.372 e. The lowest BCUT2D eigenvalue weighted by atomic mass is 10.2. The number of thioether (sulfide) groups is 1. The zero-order valence-electron chi connectivity index (χ0n) is 15.7. The summed E-state index contributed by atoms with van der Waals surface area (Å²) in [5, 5.41) is 12.0. The number of nitrogens with zero attached hydrogens (tertiary/aromatic N) is 4. The lowest BCUT2D eigenvalue weighted by Gasteiger charge is -2.21. The number of anilines is 2. The fraction of sp³-hybridized carbons (Fsp3) is 0.421. The van der Waals surface area contributed by atoms with Crippen molar-refractivity contribution in [2.75, 3.05) is 29.1 Å². The highest BCUT2D eigenvalue weighted by Crippen LogP contribution is 2.20. The maximum Gasteiger partial charge on any atom is 0.234 e. The van der Waals surface area contributed by atoms with Crippen LogP contribution in [0, 0.1) is 0 Å². The number of hydrogen-bond donors (Lipinski definition) is 1. The van der Waals surface area contributed by atoms with E-state index in [9.17, 15) is 4.79 Å². The highest BCUT2D eigenvalue weighted by atomic mass is 32.2. The van der Waals surface area contributed by atoms with Crippen molar-refractivity contribution in [3.63, 3.8) is 0 Å². The molecule has 0 unspecified atom stereocenters. The Bertz CT molecular complexity index is 722. The summed E-state index contributed by atoms with van der Waals surface area (Å²) in [6, 6.07) is 7.94. The Morgan fingerprint density at radius 3 is 2.50 bits per heavy atom. The molecule has 2 aromatic rings. The average molecular weight is 374 g/mol. The summed E-state index contributed by atoms with van der Waals surface area (Å²) in [5.74, 6) is 1.13. The zero-order chi connectivity index (χ0) is 18.9. The van der Waals surface area contributed by atoms with E-state index in [0.717, 1.165) is 41.9 Å². The molecule has 0 aliphatic rings. The normalized spacial score (nSPS) is 10.6. The molecule has 0 radical (unpaired) electrons. The Balaban J connectivity index is 1.93. The van der Waals surface area contributed by atoms with Gasteiger partial charge in [-0.05, 0) is 38.1 Å². The van der Waals surface area contributed by atoms with Crippen LogP contribution in [0.15, 0.2) is 42.1 Å². The number of carbonyl (C=O) groups excluding carboxylic acids is 1. The predicted molar refractivity (Wildman–Crippen MR) is 109 cm³/mol. The van der Waals surface area contributed by atoms with Crippen LogP contribution in [0.2, 0.25) is 0 Å². The molecule has 2 rings (SSSR count). The van der Waals surface area contributed by atoms with Gasteiger partial charge >= 0.3 is 0 Å². The van der Waals surface area contributed by atoms with Gasteiger partial charge in [0.2, 0.25) is 5.91 Å². The van der Waals surface area contributed by atoms with Crippen LogP contribution in [0.25, 0.3) is 0 Å². The number of aromatic nitrogens is 3. The molecule has 0 aliphatic heterocycles. The van der Waals surface area contributed by atoms with Gasteiger partial charge in [-0.15, -0.1) is 16.8 Å². The van der Waals surface area contributed by atoms with E-state index in [2.05, 4.69) is 40.8 Å². The van der Waals surface area contributed by atoms with Crippen LogP contribution in [0.1, 0.15) is 26.6 Å². The molecule has 0 saturated carbocycles. The summed E-state index contributed by atoms with van der Waals surface area (Å²) in [7, 11) is 0. The first-order valence-electron chi connectivity index (χ1n) is 8.93. The molecular formula is C19H27N5OS. The zero-order valence-corrected chi connectivity index (χ0v) is 16.6. The number of amides is 1. The fourth-order valence-corrected chi connectivity index (χ4v) is 3.44. The third kappa shape index (κ3) is 5.11. The highest BCUT2D eigenvalue weighted by Gasteiger charge is 2.12. The molecule has 1 aromatic carbocycles. The average Bonchev–Trinajstić information content (AvgIpc) is 3.04. The first-order valence-corrected chi connectivity index (χ1v) is 9.92. The number of aryl methyl sites for hydroxylation is 1. The third-order valence-electron chi connectivity index (χ3n) is 4.03. The molecule has 1 aromatic heterocycles. The maximum atomic E-state index is 12.2. The van der Waals surface area contributed by atoms with E-state index < -0.39 is 0 Å². The van der Waals surface area contributed by atoms with Crippen LogP contribution in [-0.4, -0.2) is 39.5 Å². The lowest BCUT2D eigenvalue weighted by Crippen LogP contribution is -2.21. The molecule has 0 aliphatic carbocycles. The van der Waals surface area contributed by atoms with Gasteiger partial charge in [0.25, 0.3) is 0 Å². The minimum absolute atomic E-state index is 0.0585. The summed E-state index contributed by atoms with van der Waals surface area (Å²) in [6.07, 6.45) is 2.61. The molecule has 6 nitrogen and oxygen atoms in total. The van der Waals surface area contributed by atoms with Crippen LogP contribution in [-0.2, 0) is 17.8 Å². The standard InChI is InChI=1S/C19H27N5OS/c1-5-13-24-17(6-2)21-22-19(24)26-14-18(25)20-15-9-11-16(12-10-15)23(7-3)8-4/h5,9-12H,1,6-8,13-14H2,2-4H3,(H,20,25). The van der Waals surface area contributed by atoms with Crippen LogP contribution >= 0.6 is 11.8 Å². The molecule has 1 amide bonds. The Kier molecular flexibility index (Phi) is 7.72. The second-order valence-corrected chi connectivity index (χ2v) is 6.65. The fourth-order valence-electron chi connectivity index (χ4n) is 2.67. The lowest BCUT2D eigenvalue weighted by molar-refractivity contribution is -0.113. The molecular weight excluding hydrogens is 346 g/mol. The van der Waals surface area contributed by atoms with Crippen molar-refractivity contribution in [3.05, 3.63) is 42.7 Å². The number of nitrogens with one attached hydrogen (secondary N) is 1. The van der Waals surface area contributed by atoms with Gasteiger partial charge in [0.1, 0.15) is 5.82 Å². The minimum Gasteiger partial charge on any atom is -0.372 e. The molecule has 140 valence electrons. The molecule has 7 heteroatoms. The van der Waals surface area contributed by atoms with Gasteiger partial charge in [0, 0.05) is 37.4 Å². The number of benzene rings is 1. The van der Waals surface area contributed by atoms with E-state index in [4.69, 9.17) is 0 Å². The number of hydrogen-bond acceptors (Lipinski definition) is 5. The summed E-state index contributed by atoms with van der Waals surface area (Å²) in [6.45, 7) is 12.6. The van der Waals surface area contributed by atoms with Crippen molar-refractivity contribution in [3.8, 4) is 0 Å². The molecule has 1 N–H and O–H groups in total. The van der Waals surface area contributed by atoms with E-state index >= 15 is 0 Å². The van der Waals surface area contributed by atoms with Crippen LogP contribution in [0.5, 0.6) is 0 Å². The summed E-state index contributed by atoms with van der Waals surface area (Å²) >= 11 is 1.39. The molecule has 1 heterocycles. The summed E-state index contributed by atoms with van der Waals surface area (Å²) in [5.41, 5.74) is 1.96. The number of allylic oxidation sites excluding steroid dienone is 1. The second kappa shape index (κ2) is 10.0. The van der Waals surface area contributed by atoms with Gasteiger partial charge in [-0.2, -0.15) is 0 Å². The topological polar surface area (TPSA) is 63.1 Å². The van der Waals surface area contributed by atoms with Gasteiger partial charge in [0.05, 0.1) is 5.75 Å². The molecule has 0 bridgehead atoms. The summed E-state index contributed by atoms with van der Waals surface area (Å²) in [4.78, 5) is 14.5. The van der Waals surface area contributed by atoms with Gasteiger partial charge in [-0.3, -0.25) is 4.79 Å². The third-order valence-corrected chi connectivity index (χ3v) is 5.00. The minimum atomic E-state index is -0.0585. The first kappa shape index (κ1) is 20.0. The van der Waals surface area contributed by atoms with Crippen molar-refractivity contribution < 1.29 is 4.79 Å². The molecule has 0 spiro atoms. The van der Waals surface area contributed by atoms with Gasteiger partial charge in [-0.1, -0.05) is 24.8 Å². The van der Waals surface area contributed by atoms with Crippen molar-refractivity contribution in [2.45, 2.75) is 38.9 Å². The Morgan fingerprint density at radius 1 is 1.23 bits per heavy atom. The van der Waals surface area contributed by atoms with Gasteiger partial charge in [0.15, 0.2) is 5.16 Å². The van der Waals surface area contributed by atoms with E-state index in [1.54, 1.807) is 0 Å². The predicted octanol–water partition coefficient (Wildman–Crippen LogP) is 3.60. The molecule has 0 atom stereocenters. The Labute approximate surface area is 159 Å². The quantitative estimate of drug-likeness (QED) is 0.509. The maximum absolute atomic E-state index is 12.2. The van der Waals surface area contributed by atoms with Gasteiger partial charge < -0.3 is 14.8 Å². The van der Waals surface area contributed by atoms with Crippen molar-refractivity contribution in [1.82, 2.24) is 14.8 Å². The first-order chi connectivity index (χ1) is 12.6. The van der Waals surface area contributed by atoms with E-state index in [1.807, 2.05) is 41.8 Å². The van der Waals surface area contributed by atoms with Crippen molar-refractivity contribution >= 4 is 29.0 Å². The van der Waals surface area contributed by atoms with Crippen molar-refractivity contribution in [2.24, 2.45) is 0 Å². The SMILES string of the molecule is C=CCn1c(CC)nnc1SCC(=O)Nc1ccc(N(CC)CC)cc1. The molecule has 0 saturated heterocycles. The molecule has 26 heavy (non-hydrogen) atoms.